The monoisotopic (exact) mass is 276 g/mol. The van der Waals surface area contributed by atoms with Crippen LogP contribution in [0.4, 0.5) is 5.69 Å². The second-order valence-electron chi connectivity index (χ2n) is 5.93. The molecule has 4 nitrogen and oxygen atoms in total. The summed E-state index contributed by atoms with van der Waals surface area (Å²) < 4.78 is 4.70. The van der Waals surface area contributed by atoms with Crippen LogP contribution in [-0.4, -0.2) is 31.1 Å². The molecule has 110 valence electrons. The average molecular weight is 276 g/mol. The lowest BCUT2D eigenvalue weighted by Crippen LogP contribution is -2.22. The van der Waals surface area contributed by atoms with Gasteiger partial charge in [0.2, 0.25) is 0 Å². The first-order valence-electron chi connectivity index (χ1n) is 7.20. The fraction of sp³-hybridized carbons (Fsp3) is 0.562. The van der Waals surface area contributed by atoms with Crippen LogP contribution < -0.4 is 5.73 Å². The highest BCUT2D eigenvalue weighted by molar-refractivity contribution is 5.90. The molecule has 1 fully saturated rings. The lowest BCUT2D eigenvalue weighted by molar-refractivity contribution is 0.0601. The van der Waals surface area contributed by atoms with Crippen LogP contribution in [0, 0.1) is 11.8 Å². The van der Waals surface area contributed by atoms with Gasteiger partial charge in [-0.2, -0.15) is 0 Å². The largest absolute Gasteiger partial charge is 0.465 e. The van der Waals surface area contributed by atoms with E-state index < -0.39 is 0 Å². The molecule has 0 aliphatic carbocycles. The van der Waals surface area contributed by atoms with E-state index in [9.17, 15) is 4.79 Å². The van der Waals surface area contributed by atoms with Gasteiger partial charge in [-0.25, -0.2) is 4.79 Å². The van der Waals surface area contributed by atoms with Gasteiger partial charge in [0, 0.05) is 18.8 Å². The fourth-order valence-electron chi connectivity index (χ4n) is 2.78. The Morgan fingerprint density at radius 1 is 1.50 bits per heavy atom. The number of anilines is 1. The van der Waals surface area contributed by atoms with E-state index >= 15 is 0 Å². The number of likely N-dealkylation sites (tertiary alicyclic amines) is 1. The third-order valence-corrected chi connectivity index (χ3v) is 4.21. The number of carbonyl (C=O) groups excluding carboxylic acids is 1. The average Bonchev–Trinajstić information content (AvgIpc) is 2.89. The molecule has 1 aliphatic heterocycles. The van der Waals surface area contributed by atoms with E-state index in [2.05, 4.69) is 18.7 Å². The Morgan fingerprint density at radius 3 is 2.80 bits per heavy atom. The molecule has 1 atom stereocenters. The Labute approximate surface area is 120 Å². The van der Waals surface area contributed by atoms with Crippen molar-refractivity contribution < 1.29 is 9.53 Å². The predicted molar refractivity (Wildman–Crippen MR) is 80.4 cm³/mol. The van der Waals surface area contributed by atoms with Crippen LogP contribution in [-0.2, 0) is 11.3 Å². The van der Waals surface area contributed by atoms with Crippen molar-refractivity contribution in [3.63, 3.8) is 0 Å². The van der Waals surface area contributed by atoms with Crippen molar-refractivity contribution in [3.8, 4) is 0 Å². The number of benzene rings is 1. The third-order valence-electron chi connectivity index (χ3n) is 4.21. The molecule has 2 N–H and O–H groups in total. The highest BCUT2D eigenvalue weighted by Gasteiger charge is 2.25. The van der Waals surface area contributed by atoms with Crippen molar-refractivity contribution in [2.45, 2.75) is 26.8 Å². The number of hydrogen-bond acceptors (Lipinski definition) is 4. The third kappa shape index (κ3) is 3.31. The second-order valence-corrected chi connectivity index (χ2v) is 5.93. The van der Waals surface area contributed by atoms with Gasteiger partial charge in [-0.3, -0.25) is 4.90 Å². The van der Waals surface area contributed by atoms with Crippen LogP contribution in [0.5, 0.6) is 0 Å². The first-order valence-corrected chi connectivity index (χ1v) is 7.20. The van der Waals surface area contributed by atoms with Crippen molar-refractivity contribution >= 4 is 11.7 Å². The molecule has 0 amide bonds. The van der Waals surface area contributed by atoms with Crippen LogP contribution in [0.3, 0.4) is 0 Å². The molecule has 1 aromatic rings. The molecule has 0 bridgehead atoms. The van der Waals surface area contributed by atoms with Crippen LogP contribution in [0.25, 0.3) is 0 Å². The molecule has 1 aliphatic rings. The standard InChI is InChI=1S/C16H24N2O2/c1-11(2)13-6-7-18(9-13)10-14-5-4-12(8-15(14)17)16(19)20-3/h4-5,8,11,13H,6-7,9-10,17H2,1-3H3. The lowest BCUT2D eigenvalue weighted by atomic mass is 9.95. The Balaban J connectivity index is 2.02. The second kappa shape index (κ2) is 6.27. The summed E-state index contributed by atoms with van der Waals surface area (Å²) in [6.45, 7) is 7.69. The fourth-order valence-corrected chi connectivity index (χ4v) is 2.78. The summed E-state index contributed by atoms with van der Waals surface area (Å²) in [6.07, 6.45) is 1.26. The van der Waals surface area contributed by atoms with Crippen molar-refractivity contribution in [1.82, 2.24) is 4.90 Å². The maximum Gasteiger partial charge on any atom is 0.337 e. The Bertz CT molecular complexity index is 485. The topological polar surface area (TPSA) is 55.6 Å². The number of methoxy groups -OCH3 is 1. The van der Waals surface area contributed by atoms with Crippen molar-refractivity contribution in [2.75, 3.05) is 25.9 Å². The van der Waals surface area contributed by atoms with E-state index in [0.29, 0.717) is 11.3 Å². The van der Waals surface area contributed by atoms with Gasteiger partial charge in [-0.1, -0.05) is 19.9 Å². The zero-order valence-electron chi connectivity index (χ0n) is 12.6. The van der Waals surface area contributed by atoms with Gasteiger partial charge in [-0.15, -0.1) is 0 Å². The van der Waals surface area contributed by atoms with Gasteiger partial charge in [0.05, 0.1) is 12.7 Å². The summed E-state index contributed by atoms with van der Waals surface area (Å²) >= 11 is 0. The van der Waals surface area contributed by atoms with E-state index in [1.807, 2.05) is 6.07 Å². The van der Waals surface area contributed by atoms with E-state index in [1.54, 1.807) is 12.1 Å². The van der Waals surface area contributed by atoms with Crippen molar-refractivity contribution in [1.29, 1.82) is 0 Å². The number of hydrogen-bond donors (Lipinski definition) is 1. The van der Waals surface area contributed by atoms with Crippen molar-refractivity contribution in [3.05, 3.63) is 29.3 Å². The van der Waals surface area contributed by atoms with Gasteiger partial charge in [0.1, 0.15) is 0 Å². The van der Waals surface area contributed by atoms with E-state index in [0.717, 1.165) is 37.0 Å². The number of rotatable bonds is 4. The molecule has 0 spiro atoms. The summed E-state index contributed by atoms with van der Waals surface area (Å²) in [6, 6.07) is 5.43. The lowest BCUT2D eigenvalue weighted by Gasteiger charge is -2.19. The molecule has 0 aromatic heterocycles. The maximum atomic E-state index is 11.5. The zero-order valence-corrected chi connectivity index (χ0v) is 12.6. The summed E-state index contributed by atoms with van der Waals surface area (Å²) in [7, 11) is 1.38. The quantitative estimate of drug-likeness (QED) is 0.678. The number of carbonyl (C=O) groups is 1. The number of nitrogens with two attached hydrogens (primary N) is 1. The zero-order chi connectivity index (χ0) is 14.7. The molecular weight excluding hydrogens is 252 g/mol. The Hall–Kier alpha value is -1.55. The number of nitrogen functional groups attached to an aromatic ring is 1. The number of ether oxygens (including phenoxy) is 1. The molecule has 20 heavy (non-hydrogen) atoms. The molecule has 1 saturated heterocycles. The molecule has 4 heteroatoms. The summed E-state index contributed by atoms with van der Waals surface area (Å²) in [4.78, 5) is 13.9. The van der Waals surface area contributed by atoms with Crippen LogP contribution >= 0.6 is 0 Å². The first-order chi connectivity index (χ1) is 9.51. The molecule has 1 aromatic carbocycles. The van der Waals surface area contributed by atoms with Gasteiger partial charge < -0.3 is 10.5 Å². The van der Waals surface area contributed by atoms with Crippen LogP contribution in [0.2, 0.25) is 0 Å². The minimum atomic E-state index is -0.343. The predicted octanol–water partition coefficient (Wildman–Crippen LogP) is 2.53. The number of nitrogens with zero attached hydrogens (tertiary/aromatic N) is 1. The highest BCUT2D eigenvalue weighted by atomic mass is 16.5. The van der Waals surface area contributed by atoms with Crippen LogP contribution in [0.15, 0.2) is 18.2 Å². The van der Waals surface area contributed by atoms with E-state index in [1.165, 1.54) is 13.5 Å². The SMILES string of the molecule is COC(=O)c1ccc(CN2CCC(C(C)C)C2)c(N)c1. The smallest absolute Gasteiger partial charge is 0.337 e. The molecule has 0 saturated carbocycles. The first kappa shape index (κ1) is 14.9. The summed E-state index contributed by atoms with van der Waals surface area (Å²) in [5.41, 5.74) is 8.31. The van der Waals surface area contributed by atoms with Gasteiger partial charge >= 0.3 is 5.97 Å². The highest BCUT2D eigenvalue weighted by Crippen LogP contribution is 2.26. The Kier molecular flexibility index (Phi) is 4.65. The minimum Gasteiger partial charge on any atom is -0.465 e. The van der Waals surface area contributed by atoms with Crippen LogP contribution in [0.1, 0.15) is 36.2 Å². The van der Waals surface area contributed by atoms with E-state index in [-0.39, 0.29) is 5.97 Å². The van der Waals surface area contributed by atoms with Crippen molar-refractivity contribution in [2.24, 2.45) is 11.8 Å². The minimum absolute atomic E-state index is 0.343. The van der Waals surface area contributed by atoms with E-state index in [4.69, 9.17) is 10.5 Å². The molecule has 2 rings (SSSR count). The Morgan fingerprint density at radius 2 is 2.25 bits per heavy atom. The summed E-state index contributed by atoms with van der Waals surface area (Å²) in [5.74, 6) is 1.17. The molecular formula is C16H24N2O2. The molecule has 1 unspecified atom stereocenters. The summed E-state index contributed by atoms with van der Waals surface area (Å²) in [5, 5.41) is 0. The normalized spacial score (nSPS) is 19.5. The van der Waals surface area contributed by atoms with Gasteiger partial charge in [0.25, 0.3) is 0 Å². The molecule has 1 heterocycles. The maximum absolute atomic E-state index is 11.5. The molecule has 0 radical (unpaired) electrons. The van der Waals surface area contributed by atoms with Gasteiger partial charge in [-0.05, 0) is 42.5 Å². The number of esters is 1. The van der Waals surface area contributed by atoms with Gasteiger partial charge in [0.15, 0.2) is 0 Å².